The van der Waals surface area contributed by atoms with E-state index in [4.69, 9.17) is 5.26 Å². The Morgan fingerprint density at radius 2 is 1.91 bits per heavy atom. The summed E-state index contributed by atoms with van der Waals surface area (Å²) >= 11 is 0. The number of H-pyrrole nitrogens is 1. The number of fused-ring (bicyclic) bond motifs is 1. The van der Waals surface area contributed by atoms with Crippen molar-refractivity contribution in [2.24, 2.45) is 0 Å². The number of aromatic amines is 1. The Hall–Kier alpha value is -4.32. The average Bonchev–Trinajstić information content (AvgIpc) is 3.52. The van der Waals surface area contributed by atoms with Gasteiger partial charge in [0.1, 0.15) is 23.5 Å². The number of imidazole rings is 1. The van der Waals surface area contributed by atoms with Crippen LogP contribution in [0.2, 0.25) is 0 Å². The molecule has 4 aromatic rings. The molecular weight excluding hydrogens is 433 g/mol. The average molecular weight is 455 g/mol. The second-order valence-electron chi connectivity index (χ2n) is 8.37. The van der Waals surface area contributed by atoms with E-state index in [1.54, 1.807) is 30.3 Å². The molecule has 5 rings (SSSR count). The molecule has 1 fully saturated rings. The van der Waals surface area contributed by atoms with Crippen molar-refractivity contribution in [3.8, 4) is 6.07 Å². The van der Waals surface area contributed by atoms with Gasteiger partial charge in [0.05, 0.1) is 11.6 Å². The summed E-state index contributed by atoms with van der Waals surface area (Å²) in [7, 11) is 0. The number of nitrogens with one attached hydrogen (secondary N) is 3. The zero-order chi connectivity index (χ0) is 23.5. The molecule has 2 aromatic heterocycles. The molecule has 8 nitrogen and oxygen atoms in total. The number of aromatic nitrogens is 4. The number of benzene rings is 2. The quantitative estimate of drug-likeness (QED) is 0.388. The summed E-state index contributed by atoms with van der Waals surface area (Å²) in [6, 6.07) is 13.4. The van der Waals surface area contributed by atoms with Crippen LogP contribution in [-0.4, -0.2) is 25.8 Å². The molecule has 170 valence electrons. The predicted octanol–water partition coefficient (Wildman–Crippen LogP) is 4.69. The van der Waals surface area contributed by atoms with Gasteiger partial charge in [-0.2, -0.15) is 5.26 Å². The van der Waals surface area contributed by atoms with E-state index in [0.717, 1.165) is 24.4 Å². The van der Waals surface area contributed by atoms with Gasteiger partial charge in [-0.1, -0.05) is 12.8 Å². The first-order valence-corrected chi connectivity index (χ1v) is 11.1. The maximum absolute atomic E-state index is 14.2. The van der Waals surface area contributed by atoms with Crippen molar-refractivity contribution in [3.63, 3.8) is 0 Å². The predicted molar refractivity (Wildman–Crippen MR) is 125 cm³/mol. The minimum atomic E-state index is -0.429. The molecule has 0 bridgehead atoms. The molecule has 0 saturated heterocycles. The van der Waals surface area contributed by atoms with Gasteiger partial charge in [-0.15, -0.1) is 0 Å². The summed E-state index contributed by atoms with van der Waals surface area (Å²) in [6.07, 6.45) is 5.84. The van der Waals surface area contributed by atoms with Crippen LogP contribution in [0.3, 0.4) is 0 Å². The third kappa shape index (κ3) is 4.57. The molecule has 3 N–H and O–H groups in total. The van der Waals surface area contributed by atoms with Gasteiger partial charge in [0.25, 0.3) is 5.91 Å². The number of hydrogen-bond acceptors (Lipinski definition) is 6. The van der Waals surface area contributed by atoms with Crippen LogP contribution >= 0.6 is 0 Å². The molecule has 0 unspecified atom stereocenters. The fourth-order valence-electron chi connectivity index (χ4n) is 4.30. The summed E-state index contributed by atoms with van der Waals surface area (Å²) < 4.78 is 14.2. The molecule has 2 heterocycles. The lowest BCUT2D eigenvalue weighted by atomic mass is 10.1. The lowest BCUT2D eigenvalue weighted by molar-refractivity contribution is 0.0947. The van der Waals surface area contributed by atoms with Gasteiger partial charge in [0, 0.05) is 23.8 Å². The van der Waals surface area contributed by atoms with Crippen molar-refractivity contribution in [1.29, 1.82) is 5.26 Å². The molecule has 0 spiro atoms. The molecule has 1 aliphatic carbocycles. The Bertz CT molecular complexity index is 1380. The van der Waals surface area contributed by atoms with Crippen LogP contribution in [-0.2, 0) is 6.54 Å². The van der Waals surface area contributed by atoms with E-state index in [1.807, 2.05) is 0 Å². The SMILES string of the molecule is N#Cc1ccc(Nc2cc(F)cc(CNC(=O)c3ncnc4nc(C5CCCC5)[nH]c34)c2)cc1. The minimum absolute atomic E-state index is 0.119. The fourth-order valence-corrected chi connectivity index (χ4v) is 4.30. The van der Waals surface area contributed by atoms with Crippen molar-refractivity contribution < 1.29 is 9.18 Å². The van der Waals surface area contributed by atoms with E-state index >= 15 is 0 Å². The number of carbonyl (C=O) groups is 1. The van der Waals surface area contributed by atoms with Crippen LogP contribution in [0.25, 0.3) is 11.2 Å². The van der Waals surface area contributed by atoms with Crippen molar-refractivity contribution in [3.05, 3.63) is 77.3 Å². The molecule has 9 heteroatoms. The monoisotopic (exact) mass is 455 g/mol. The third-order valence-corrected chi connectivity index (χ3v) is 5.98. The number of carbonyl (C=O) groups excluding carboxylic acids is 1. The van der Waals surface area contributed by atoms with Crippen molar-refractivity contribution in [1.82, 2.24) is 25.3 Å². The zero-order valence-electron chi connectivity index (χ0n) is 18.3. The van der Waals surface area contributed by atoms with Crippen LogP contribution in [0.4, 0.5) is 15.8 Å². The van der Waals surface area contributed by atoms with Gasteiger partial charge in [-0.05, 0) is 60.9 Å². The number of halogens is 1. The number of nitriles is 1. The van der Waals surface area contributed by atoms with Gasteiger partial charge in [0.2, 0.25) is 0 Å². The summed E-state index contributed by atoms with van der Waals surface area (Å²) in [4.78, 5) is 29.1. The molecule has 1 saturated carbocycles. The topological polar surface area (TPSA) is 119 Å². The zero-order valence-corrected chi connectivity index (χ0v) is 18.3. The summed E-state index contributed by atoms with van der Waals surface area (Å²) in [5.41, 5.74) is 3.60. The second-order valence-corrected chi connectivity index (χ2v) is 8.37. The first kappa shape index (κ1) is 21.5. The Kier molecular flexibility index (Phi) is 5.87. The van der Waals surface area contributed by atoms with Crippen LogP contribution < -0.4 is 10.6 Å². The van der Waals surface area contributed by atoms with Gasteiger partial charge in [0.15, 0.2) is 11.3 Å². The van der Waals surface area contributed by atoms with E-state index in [-0.39, 0.29) is 18.1 Å². The van der Waals surface area contributed by atoms with Gasteiger partial charge in [-0.25, -0.2) is 19.3 Å². The van der Waals surface area contributed by atoms with Gasteiger partial charge >= 0.3 is 0 Å². The van der Waals surface area contributed by atoms with Crippen molar-refractivity contribution >= 4 is 28.4 Å². The van der Waals surface area contributed by atoms with Crippen LogP contribution in [0, 0.1) is 17.1 Å². The molecule has 1 aliphatic rings. The van der Waals surface area contributed by atoms with E-state index in [9.17, 15) is 9.18 Å². The first-order chi connectivity index (χ1) is 16.6. The van der Waals surface area contributed by atoms with Crippen LogP contribution in [0.1, 0.15) is 59.0 Å². The Morgan fingerprint density at radius 3 is 2.68 bits per heavy atom. The number of rotatable bonds is 6. The van der Waals surface area contributed by atoms with Gasteiger partial charge < -0.3 is 15.6 Å². The summed E-state index contributed by atoms with van der Waals surface area (Å²) in [5, 5.41) is 14.8. The smallest absolute Gasteiger partial charge is 0.272 e. The normalized spacial score (nSPS) is 13.6. The van der Waals surface area contributed by atoms with E-state index in [1.165, 1.54) is 31.3 Å². The Labute approximate surface area is 195 Å². The van der Waals surface area contributed by atoms with E-state index in [0.29, 0.717) is 33.9 Å². The molecule has 2 aromatic carbocycles. The molecule has 34 heavy (non-hydrogen) atoms. The summed E-state index contributed by atoms with van der Waals surface area (Å²) in [6.45, 7) is 0.119. The maximum Gasteiger partial charge on any atom is 0.272 e. The van der Waals surface area contributed by atoms with Crippen molar-refractivity contribution in [2.75, 3.05) is 5.32 Å². The minimum Gasteiger partial charge on any atom is -0.355 e. The highest BCUT2D eigenvalue weighted by atomic mass is 19.1. The highest BCUT2D eigenvalue weighted by molar-refractivity contribution is 6.02. The molecule has 0 aliphatic heterocycles. The lowest BCUT2D eigenvalue weighted by Gasteiger charge is -2.10. The highest BCUT2D eigenvalue weighted by Gasteiger charge is 2.23. The molecule has 1 amide bonds. The number of anilines is 2. The molecule has 0 atom stereocenters. The number of nitrogens with zero attached hydrogens (tertiary/aromatic N) is 4. The first-order valence-electron chi connectivity index (χ1n) is 11.1. The van der Waals surface area contributed by atoms with E-state index < -0.39 is 5.82 Å². The molecule has 0 radical (unpaired) electrons. The maximum atomic E-state index is 14.2. The Morgan fingerprint density at radius 1 is 1.12 bits per heavy atom. The second kappa shape index (κ2) is 9.27. The van der Waals surface area contributed by atoms with Gasteiger partial charge in [-0.3, -0.25) is 4.79 Å². The van der Waals surface area contributed by atoms with Crippen LogP contribution in [0.15, 0.2) is 48.8 Å². The lowest BCUT2D eigenvalue weighted by Crippen LogP contribution is -2.24. The van der Waals surface area contributed by atoms with Crippen molar-refractivity contribution in [2.45, 2.75) is 38.1 Å². The number of hydrogen-bond donors (Lipinski definition) is 3. The standard InChI is InChI=1S/C25H22FN7O/c26-18-9-16(10-20(11-18)31-19-7-5-15(12-27)6-8-19)13-28-25(34)22-21-24(30-14-29-22)33-23(32-21)17-3-1-2-4-17/h5-11,14,17,31H,1-4,13H2,(H,28,34)(H,29,30,32,33). The Balaban J connectivity index is 1.30. The van der Waals surface area contributed by atoms with E-state index in [2.05, 4.69) is 36.6 Å². The largest absolute Gasteiger partial charge is 0.355 e. The third-order valence-electron chi connectivity index (χ3n) is 5.98. The summed E-state index contributed by atoms with van der Waals surface area (Å²) in [5.74, 6) is 0.395. The molecular formula is C25H22FN7O. The number of amides is 1. The fraction of sp³-hybridized carbons (Fsp3) is 0.240. The van der Waals surface area contributed by atoms with Crippen LogP contribution in [0.5, 0.6) is 0 Å². The highest BCUT2D eigenvalue weighted by Crippen LogP contribution is 2.33.